The zero-order valence-corrected chi connectivity index (χ0v) is 8.46. The summed E-state index contributed by atoms with van der Waals surface area (Å²) in [6.45, 7) is 2.91. The Labute approximate surface area is 80.1 Å². The van der Waals surface area contributed by atoms with Crippen LogP contribution in [-0.2, 0) is 0 Å². The van der Waals surface area contributed by atoms with Crippen molar-refractivity contribution in [2.45, 2.75) is 45.4 Å². The van der Waals surface area contributed by atoms with Gasteiger partial charge >= 0.3 is 0 Å². The summed E-state index contributed by atoms with van der Waals surface area (Å²) in [6.07, 6.45) is 8.02. The lowest BCUT2D eigenvalue weighted by Crippen LogP contribution is -2.18. The third-order valence-corrected chi connectivity index (χ3v) is 4.21. The molecule has 2 rings (SSSR count). The smallest absolute Gasteiger partial charge is 0.0813 e. The van der Waals surface area contributed by atoms with Crippen molar-refractivity contribution in [1.82, 2.24) is 0 Å². The third kappa shape index (κ3) is 1.77. The maximum Gasteiger partial charge on any atom is 0.0813 e. The molecule has 0 aromatic carbocycles. The first-order chi connectivity index (χ1) is 6.27. The van der Waals surface area contributed by atoms with Crippen LogP contribution in [-0.4, -0.2) is 6.54 Å². The van der Waals surface area contributed by atoms with Crippen molar-refractivity contribution in [3.8, 4) is 0 Å². The molecule has 0 radical (unpaired) electrons. The summed E-state index contributed by atoms with van der Waals surface area (Å²) in [6, 6.07) is 0. The first-order valence-corrected chi connectivity index (χ1v) is 5.56. The molecule has 0 aromatic rings. The molecule has 2 saturated carbocycles. The Hall–Kier alpha value is -0.400. The van der Waals surface area contributed by atoms with Gasteiger partial charge in [-0.1, -0.05) is 24.9 Å². The Bertz CT molecular complexity index is 204. The number of nitrogens with zero attached hydrogens (tertiary/aromatic N) is 1. The minimum atomic E-state index is 0.537. The molecule has 74 valence electrons. The third-order valence-electron chi connectivity index (χ3n) is 4.21. The van der Waals surface area contributed by atoms with E-state index in [4.69, 9.17) is 0 Å². The summed E-state index contributed by atoms with van der Waals surface area (Å²) in [4.78, 5) is 10.0. The molecule has 0 aliphatic heterocycles. The van der Waals surface area contributed by atoms with Crippen LogP contribution < -0.4 is 0 Å². The fourth-order valence-electron chi connectivity index (χ4n) is 3.19. The molecule has 0 aromatic heterocycles. The van der Waals surface area contributed by atoms with Gasteiger partial charge in [0.2, 0.25) is 0 Å². The lowest BCUT2D eigenvalue weighted by Gasteiger charge is -2.29. The van der Waals surface area contributed by atoms with Crippen LogP contribution in [0.2, 0.25) is 0 Å². The Morgan fingerprint density at radius 2 is 2.23 bits per heavy atom. The molecule has 2 nitrogen and oxygen atoms in total. The molecule has 1 spiro atoms. The molecule has 0 bridgehead atoms. The van der Waals surface area contributed by atoms with E-state index in [1.165, 1.54) is 32.1 Å². The van der Waals surface area contributed by atoms with E-state index in [1.54, 1.807) is 0 Å². The standard InChI is InChI=1S/C11H19NO/c1-9-7-11(9)5-2-3-10(8-11)4-6-12-13/h9-10H,2-8H2,1H3/t9?,10?,11-/m0/s1. The Balaban J connectivity index is 1.83. The highest BCUT2D eigenvalue weighted by molar-refractivity contribution is 5.02. The van der Waals surface area contributed by atoms with Gasteiger partial charge in [-0.05, 0) is 42.9 Å². The number of nitroso groups, excluding NO2 is 1. The molecule has 13 heavy (non-hydrogen) atoms. The predicted octanol–water partition coefficient (Wildman–Crippen LogP) is 3.36. The van der Waals surface area contributed by atoms with Gasteiger partial charge in [0.15, 0.2) is 0 Å². The number of hydrogen-bond acceptors (Lipinski definition) is 2. The first kappa shape index (κ1) is 9.17. The molecule has 0 amide bonds. The Kier molecular flexibility index (Phi) is 2.39. The van der Waals surface area contributed by atoms with Gasteiger partial charge in [0.25, 0.3) is 0 Å². The van der Waals surface area contributed by atoms with Gasteiger partial charge in [-0.3, -0.25) is 0 Å². The first-order valence-electron chi connectivity index (χ1n) is 5.56. The maximum absolute atomic E-state index is 10.0. The lowest BCUT2D eigenvalue weighted by molar-refractivity contribution is 0.224. The van der Waals surface area contributed by atoms with Crippen LogP contribution in [0.4, 0.5) is 0 Å². The van der Waals surface area contributed by atoms with Gasteiger partial charge in [0.05, 0.1) is 6.54 Å². The van der Waals surface area contributed by atoms with E-state index in [0.29, 0.717) is 12.0 Å². The highest BCUT2D eigenvalue weighted by Crippen LogP contribution is 2.62. The minimum Gasteiger partial charge on any atom is -0.151 e. The van der Waals surface area contributed by atoms with Crippen molar-refractivity contribution < 1.29 is 0 Å². The number of rotatable bonds is 3. The average molecular weight is 181 g/mol. The molecule has 2 unspecified atom stereocenters. The highest BCUT2D eigenvalue weighted by atomic mass is 16.3. The fraction of sp³-hybridized carbons (Fsp3) is 1.00. The molecule has 2 aliphatic carbocycles. The normalized spacial score (nSPS) is 43.5. The molecule has 0 heterocycles. The zero-order chi connectivity index (χ0) is 9.31. The van der Waals surface area contributed by atoms with Crippen LogP contribution in [0.3, 0.4) is 0 Å². The van der Waals surface area contributed by atoms with Crippen LogP contribution in [0.25, 0.3) is 0 Å². The molecule has 2 aliphatic rings. The predicted molar refractivity (Wildman–Crippen MR) is 53.5 cm³/mol. The van der Waals surface area contributed by atoms with E-state index < -0.39 is 0 Å². The maximum atomic E-state index is 10.0. The minimum absolute atomic E-state index is 0.537. The van der Waals surface area contributed by atoms with Gasteiger partial charge in [-0.15, -0.1) is 0 Å². The summed E-state index contributed by atoms with van der Waals surface area (Å²) < 4.78 is 0. The van der Waals surface area contributed by atoms with E-state index in [-0.39, 0.29) is 0 Å². The topological polar surface area (TPSA) is 29.4 Å². The van der Waals surface area contributed by atoms with Gasteiger partial charge in [-0.25, -0.2) is 0 Å². The van der Waals surface area contributed by atoms with E-state index in [1.807, 2.05) is 0 Å². The number of hydrogen-bond donors (Lipinski definition) is 0. The van der Waals surface area contributed by atoms with Crippen LogP contribution in [0.1, 0.15) is 45.4 Å². The molecule has 2 fully saturated rings. The average Bonchev–Trinajstić information content (AvgIpc) is 2.73. The molecule has 0 N–H and O–H groups in total. The van der Waals surface area contributed by atoms with E-state index in [9.17, 15) is 4.91 Å². The van der Waals surface area contributed by atoms with Crippen molar-refractivity contribution >= 4 is 0 Å². The molecule has 2 heteroatoms. The zero-order valence-electron chi connectivity index (χ0n) is 8.46. The quantitative estimate of drug-likeness (QED) is 0.614. The second kappa shape index (κ2) is 3.39. The van der Waals surface area contributed by atoms with Gasteiger partial charge < -0.3 is 0 Å². The summed E-state index contributed by atoms with van der Waals surface area (Å²) in [5.41, 5.74) is 0.714. The van der Waals surface area contributed by atoms with E-state index in [2.05, 4.69) is 12.1 Å². The molecule has 0 saturated heterocycles. The largest absolute Gasteiger partial charge is 0.151 e. The van der Waals surface area contributed by atoms with Crippen molar-refractivity contribution in [3.05, 3.63) is 4.91 Å². The summed E-state index contributed by atoms with van der Waals surface area (Å²) in [5.74, 6) is 1.76. The molecular formula is C11H19NO. The summed E-state index contributed by atoms with van der Waals surface area (Å²) in [7, 11) is 0. The van der Waals surface area contributed by atoms with Crippen molar-refractivity contribution in [3.63, 3.8) is 0 Å². The van der Waals surface area contributed by atoms with Gasteiger partial charge in [0.1, 0.15) is 0 Å². The SMILES string of the molecule is CC1C[C@]12CCCC(CCN=O)C2. The van der Waals surface area contributed by atoms with Crippen LogP contribution >= 0.6 is 0 Å². The Morgan fingerprint density at radius 3 is 2.85 bits per heavy atom. The molecule has 3 atom stereocenters. The van der Waals surface area contributed by atoms with Gasteiger partial charge in [-0.2, -0.15) is 4.91 Å². The summed E-state index contributed by atoms with van der Waals surface area (Å²) >= 11 is 0. The van der Waals surface area contributed by atoms with Gasteiger partial charge in [0, 0.05) is 0 Å². The lowest BCUT2D eigenvalue weighted by atomic mass is 9.76. The monoisotopic (exact) mass is 181 g/mol. The van der Waals surface area contributed by atoms with Crippen molar-refractivity contribution in [2.75, 3.05) is 6.54 Å². The van der Waals surface area contributed by atoms with Crippen molar-refractivity contribution in [1.29, 1.82) is 0 Å². The van der Waals surface area contributed by atoms with Crippen molar-refractivity contribution in [2.24, 2.45) is 22.4 Å². The highest BCUT2D eigenvalue weighted by Gasteiger charge is 2.52. The van der Waals surface area contributed by atoms with Crippen LogP contribution in [0, 0.1) is 22.2 Å². The second-order valence-corrected chi connectivity index (χ2v) is 5.07. The molecular weight excluding hydrogens is 162 g/mol. The van der Waals surface area contributed by atoms with Crippen LogP contribution in [0.5, 0.6) is 0 Å². The second-order valence-electron chi connectivity index (χ2n) is 5.07. The fourth-order valence-corrected chi connectivity index (χ4v) is 3.19. The van der Waals surface area contributed by atoms with E-state index in [0.717, 1.165) is 18.3 Å². The summed E-state index contributed by atoms with van der Waals surface area (Å²) in [5, 5.41) is 2.97. The van der Waals surface area contributed by atoms with E-state index >= 15 is 0 Å². The van der Waals surface area contributed by atoms with Crippen LogP contribution in [0.15, 0.2) is 5.18 Å². The Morgan fingerprint density at radius 1 is 1.46 bits per heavy atom.